The lowest BCUT2D eigenvalue weighted by Gasteiger charge is -2.08. The van der Waals surface area contributed by atoms with Crippen LogP contribution in [0.2, 0.25) is 0 Å². The highest BCUT2D eigenvalue weighted by molar-refractivity contribution is 5.70. The molecule has 1 aromatic rings. The molecule has 0 atom stereocenters. The summed E-state index contributed by atoms with van der Waals surface area (Å²) in [5.41, 5.74) is 5.87. The third kappa shape index (κ3) is 2.06. The second-order valence-corrected chi connectivity index (χ2v) is 3.66. The lowest BCUT2D eigenvalue weighted by atomic mass is 9.95. The van der Waals surface area contributed by atoms with E-state index in [4.69, 9.17) is 0 Å². The van der Waals surface area contributed by atoms with Crippen LogP contribution in [0.1, 0.15) is 36.1 Å². The molecule has 0 aromatic heterocycles. The van der Waals surface area contributed by atoms with Gasteiger partial charge in [0, 0.05) is 5.56 Å². The minimum Gasteiger partial charge on any atom is -0.101 e. The Morgan fingerprint density at radius 1 is 1.29 bits per heavy atom. The average Bonchev–Trinajstić information content (AvgIpc) is 2.09. The molecule has 72 valence electrons. The minimum atomic E-state index is 1.08. The van der Waals surface area contributed by atoms with E-state index >= 15 is 0 Å². The van der Waals surface area contributed by atoms with Crippen molar-refractivity contribution in [1.82, 2.24) is 0 Å². The van der Waals surface area contributed by atoms with Crippen molar-refractivity contribution in [2.75, 3.05) is 0 Å². The van der Waals surface area contributed by atoms with Crippen molar-refractivity contribution >= 4 is 5.57 Å². The zero-order valence-electron chi connectivity index (χ0n) is 9.36. The lowest BCUT2D eigenvalue weighted by Crippen LogP contribution is -1.92. The van der Waals surface area contributed by atoms with E-state index in [-0.39, 0.29) is 0 Å². The molecule has 14 heavy (non-hydrogen) atoms. The number of benzene rings is 1. The van der Waals surface area contributed by atoms with Crippen LogP contribution in [-0.4, -0.2) is 0 Å². The first-order chi connectivity index (χ1) is 6.56. The Balaban J connectivity index is 3.49. The Kier molecular flexibility index (Phi) is 3.14. The van der Waals surface area contributed by atoms with Gasteiger partial charge in [-0.05, 0) is 44.4 Å². The van der Waals surface area contributed by atoms with E-state index in [2.05, 4.69) is 44.4 Å². The molecule has 0 heteroatoms. The molecule has 0 fully saturated rings. The van der Waals surface area contributed by atoms with Gasteiger partial charge in [0.05, 0.1) is 0 Å². The minimum absolute atomic E-state index is 1.08. The van der Waals surface area contributed by atoms with Crippen LogP contribution in [0, 0.1) is 25.7 Å². The molecule has 0 amide bonds. The fourth-order valence-electron chi connectivity index (χ4n) is 1.60. The highest BCUT2D eigenvalue weighted by Crippen LogP contribution is 2.21. The molecule has 0 aliphatic carbocycles. The zero-order valence-corrected chi connectivity index (χ0v) is 9.36. The van der Waals surface area contributed by atoms with Crippen molar-refractivity contribution in [2.24, 2.45) is 0 Å². The van der Waals surface area contributed by atoms with Gasteiger partial charge in [0.1, 0.15) is 0 Å². The van der Waals surface area contributed by atoms with Crippen LogP contribution in [-0.2, 0) is 0 Å². The van der Waals surface area contributed by atoms with Crippen LogP contribution in [0.4, 0.5) is 0 Å². The molecular formula is C14H16. The van der Waals surface area contributed by atoms with Crippen LogP contribution in [0.15, 0.2) is 18.7 Å². The standard InChI is InChI=1S/C14H16/c1-6-7-13-12(5)8-11(4)9-14(13)10(2)3/h8-9H,2H2,1,3-5H3. The molecular weight excluding hydrogens is 168 g/mol. The predicted molar refractivity (Wildman–Crippen MR) is 63.2 cm³/mol. The average molecular weight is 184 g/mol. The highest BCUT2D eigenvalue weighted by Gasteiger charge is 2.04. The monoisotopic (exact) mass is 184 g/mol. The van der Waals surface area contributed by atoms with Crippen molar-refractivity contribution in [3.8, 4) is 11.8 Å². The maximum Gasteiger partial charge on any atom is 0.0349 e. The molecule has 0 spiro atoms. The third-order valence-corrected chi connectivity index (χ3v) is 2.19. The SMILES string of the molecule is C=C(C)c1cc(C)cc(C)c1C#CC. The van der Waals surface area contributed by atoms with Crippen molar-refractivity contribution < 1.29 is 0 Å². The molecule has 0 nitrogen and oxygen atoms in total. The van der Waals surface area contributed by atoms with Crippen molar-refractivity contribution in [1.29, 1.82) is 0 Å². The van der Waals surface area contributed by atoms with Crippen molar-refractivity contribution in [2.45, 2.75) is 27.7 Å². The van der Waals surface area contributed by atoms with E-state index in [1.165, 1.54) is 16.7 Å². The number of hydrogen-bond donors (Lipinski definition) is 0. The Morgan fingerprint density at radius 2 is 1.93 bits per heavy atom. The van der Waals surface area contributed by atoms with Gasteiger partial charge in [-0.15, -0.1) is 5.92 Å². The molecule has 1 rings (SSSR count). The molecule has 0 radical (unpaired) electrons. The van der Waals surface area contributed by atoms with Crippen LogP contribution >= 0.6 is 0 Å². The van der Waals surface area contributed by atoms with E-state index in [1.54, 1.807) is 0 Å². The number of allylic oxidation sites excluding steroid dienone is 1. The fraction of sp³-hybridized carbons (Fsp3) is 0.286. The zero-order chi connectivity index (χ0) is 10.7. The molecule has 0 bridgehead atoms. The smallest absolute Gasteiger partial charge is 0.0349 e. The van der Waals surface area contributed by atoms with Crippen LogP contribution < -0.4 is 0 Å². The van der Waals surface area contributed by atoms with E-state index in [0.29, 0.717) is 0 Å². The quantitative estimate of drug-likeness (QED) is 0.584. The summed E-state index contributed by atoms with van der Waals surface area (Å²) < 4.78 is 0. The molecule has 0 unspecified atom stereocenters. The van der Waals surface area contributed by atoms with Gasteiger partial charge in [-0.3, -0.25) is 0 Å². The summed E-state index contributed by atoms with van der Waals surface area (Å²) in [7, 11) is 0. The van der Waals surface area contributed by atoms with Gasteiger partial charge >= 0.3 is 0 Å². The summed E-state index contributed by atoms with van der Waals surface area (Å²) >= 11 is 0. The normalized spacial score (nSPS) is 9.14. The first-order valence-electron chi connectivity index (χ1n) is 4.76. The molecule has 0 aliphatic heterocycles. The largest absolute Gasteiger partial charge is 0.101 e. The molecule has 0 heterocycles. The Hall–Kier alpha value is -1.48. The van der Waals surface area contributed by atoms with Gasteiger partial charge in [-0.25, -0.2) is 0 Å². The maximum absolute atomic E-state index is 3.98. The summed E-state index contributed by atoms with van der Waals surface area (Å²) in [6, 6.07) is 4.31. The summed E-state index contributed by atoms with van der Waals surface area (Å²) in [5, 5.41) is 0. The first-order valence-corrected chi connectivity index (χ1v) is 4.76. The van der Waals surface area contributed by atoms with Crippen LogP contribution in [0.25, 0.3) is 5.57 Å². The Labute approximate surface area is 86.7 Å². The molecule has 0 saturated heterocycles. The number of rotatable bonds is 1. The van der Waals surface area contributed by atoms with Crippen molar-refractivity contribution in [3.05, 3.63) is 41.0 Å². The fourth-order valence-corrected chi connectivity index (χ4v) is 1.60. The summed E-state index contributed by atoms with van der Waals surface area (Å²) in [6.07, 6.45) is 0. The van der Waals surface area contributed by atoms with Gasteiger partial charge < -0.3 is 0 Å². The molecule has 0 aliphatic rings. The number of aryl methyl sites for hydroxylation is 2. The Morgan fingerprint density at radius 3 is 2.43 bits per heavy atom. The summed E-state index contributed by atoms with van der Waals surface area (Å²) in [5.74, 6) is 6.09. The van der Waals surface area contributed by atoms with E-state index in [9.17, 15) is 0 Å². The van der Waals surface area contributed by atoms with E-state index in [0.717, 1.165) is 11.1 Å². The van der Waals surface area contributed by atoms with E-state index in [1.807, 2.05) is 13.8 Å². The van der Waals surface area contributed by atoms with Gasteiger partial charge in [0.2, 0.25) is 0 Å². The second kappa shape index (κ2) is 4.15. The third-order valence-electron chi connectivity index (χ3n) is 2.19. The molecule has 1 aromatic carbocycles. The summed E-state index contributed by atoms with van der Waals surface area (Å²) in [4.78, 5) is 0. The highest BCUT2D eigenvalue weighted by atomic mass is 14.1. The van der Waals surface area contributed by atoms with Gasteiger partial charge in [0.15, 0.2) is 0 Å². The predicted octanol–water partition coefficient (Wildman–Crippen LogP) is 3.71. The second-order valence-electron chi connectivity index (χ2n) is 3.66. The Bertz CT molecular complexity index is 425. The van der Waals surface area contributed by atoms with Gasteiger partial charge in [-0.1, -0.05) is 30.2 Å². The van der Waals surface area contributed by atoms with Crippen LogP contribution in [0.3, 0.4) is 0 Å². The van der Waals surface area contributed by atoms with Crippen LogP contribution in [0.5, 0.6) is 0 Å². The van der Waals surface area contributed by atoms with E-state index < -0.39 is 0 Å². The molecule has 0 N–H and O–H groups in total. The molecule has 0 saturated carbocycles. The topological polar surface area (TPSA) is 0 Å². The van der Waals surface area contributed by atoms with Crippen molar-refractivity contribution in [3.63, 3.8) is 0 Å². The first kappa shape index (κ1) is 10.6. The maximum atomic E-state index is 3.98. The number of hydrogen-bond acceptors (Lipinski definition) is 0. The summed E-state index contributed by atoms with van der Waals surface area (Å²) in [6.45, 7) is 12.1. The van der Waals surface area contributed by atoms with Gasteiger partial charge in [0.25, 0.3) is 0 Å². The lowest BCUT2D eigenvalue weighted by molar-refractivity contribution is 1.34. The van der Waals surface area contributed by atoms with Gasteiger partial charge in [-0.2, -0.15) is 0 Å².